The second-order valence-corrected chi connectivity index (χ2v) is 6.29. The number of carbonyl (C=O) groups is 2. The molecule has 2 aromatic rings. The lowest BCUT2D eigenvalue weighted by Crippen LogP contribution is -2.53. The number of hydrogen-bond donors (Lipinski definition) is 2. The Morgan fingerprint density at radius 3 is 2.83 bits per heavy atom. The number of benzene rings is 2. The summed E-state index contributed by atoms with van der Waals surface area (Å²) in [6.45, 7) is 4.31. The van der Waals surface area contributed by atoms with E-state index in [0.29, 0.717) is 19.1 Å². The molecule has 0 aliphatic carbocycles. The lowest BCUT2D eigenvalue weighted by Gasteiger charge is -2.31. The molecular weight excluding hydrogens is 302 g/mol. The van der Waals surface area contributed by atoms with Crippen molar-refractivity contribution in [3.8, 4) is 0 Å². The normalized spacial score (nSPS) is 17.7. The fraction of sp³-hybridized carbons (Fsp3) is 0.368. The molecule has 0 bridgehead atoms. The van der Waals surface area contributed by atoms with Gasteiger partial charge in [0, 0.05) is 25.7 Å². The van der Waals surface area contributed by atoms with Crippen LogP contribution in [-0.2, 0) is 16.0 Å². The van der Waals surface area contributed by atoms with E-state index >= 15 is 0 Å². The van der Waals surface area contributed by atoms with Gasteiger partial charge in [-0.1, -0.05) is 42.5 Å². The van der Waals surface area contributed by atoms with Gasteiger partial charge in [0.05, 0.1) is 13.0 Å². The van der Waals surface area contributed by atoms with E-state index < -0.39 is 0 Å². The molecule has 1 aliphatic rings. The quantitative estimate of drug-likeness (QED) is 0.891. The van der Waals surface area contributed by atoms with Gasteiger partial charge in [0.2, 0.25) is 11.8 Å². The highest BCUT2D eigenvalue weighted by Crippen LogP contribution is 2.18. The summed E-state index contributed by atoms with van der Waals surface area (Å²) in [7, 11) is 0. The zero-order valence-electron chi connectivity index (χ0n) is 13.9. The minimum absolute atomic E-state index is 0.0189. The van der Waals surface area contributed by atoms with Crippen molar-refractivity contribution in [1.29, 1.82) is 0 Å². The van der Waals surface area contributed by atoms with Crippen LogP contribution in [0.5, 0.6) is 0 Å². The Hall–Kier alpha value is -2.40. The highest BCUT2D eigenvalue weighted by atomic mass is 16.2. The van der Waals surface area contributed by atoms with Gasteiger partial charge >= 0.3 is 0 Å². The van der Waals surface area contributed by atoms with Gasteiger partial charge in [0.25, 0.3) is 0 Å². The van der Waals surface area contributed by atoms with Gasteiger partial charge in [-0.25, -0.2) is 0 Å². The number of fused-ring (bicyclic) bond motifs is 1. The molecule has 126 valence electrons. The Labute approximate surface area is 142 Å². The van der Waals surface area contributed by atoms with Crippen LogP contribution in [0.25, 0.3) is 10.8 Å². The SMILES string of the molecule is CC1CN(C(=O)CNC(=O)Cc2cccc3ccccc23)CCN1. The van der Waals surface area contributed by atoms with Crippen LogP contribution in [0.15, 0.2) is 42.5 Å². The van der Waals surface area contributed by atoms with E-state index in [2.05, 4.69) is 17.6 Å². The Kier molecular flexibility index (Phi) is 5.11. The van der Waals surface area contributed by atoms with Crippen LogP contribution in [0.4, 0.5) is 0 Å². The molecule has 5 heteroatoms. The van der Waals surface area contributed by atoms with E-state index in [0.717, 1.165) is 22.9 Å². The molecule has 1 fully saturated rings. The molecule has 24 heavy (non-hydrogen) atoms. The predicted octanol–water partition coefficient (Wildman–Crippen LogP) is 1.32. The van der Waals surface area contributed by atoms with Crippen LogP contribution in [0.3, 0.4) is 0 Å². The van der Waals surface area contributed by atoms with E-state index in [1.807, 2.05) is 42.5 Å². The zero-order chi connectivity index (χ0) is 16.9. The standard InChI is InChI=1S/C19H23N3O2/c1-14-13-22(10-9-20-14)19(24)12-21-18(23)11-16-7-4-6-15-5-2-3-8-17(15)16/h2-8,14,20H,9-13H2,1H3,(H,21,23). The first-order valence-corrected chi connectivity index (χ1v) is 8.38. The summed E-state index contributed by atoms with van der Waals surface area (Å²) in [5.74, 6) is -0.141. The molecule has 1 aliphatic heterocycles. The van der Waals surface area contributed by atoms with Crippen LogP contribution in [0.2, 0.25) is 0 Å². The van der Waals surface area contributed by atoms with Crippen molar-refractivity contribution in [2.24, 2.45) is 0 Å². The van der Waals surface area contributed by atoms with Gasteiger partial charge in [-0.3, -0.25) is 9.59 Å². The van der Waals surface area contributed by atoms with Crippen LogP contribution in [-0.4, -0.2) is 48.9 Å². The molecule has 3 rings (SSSR count). The van der Waals surface area contributed by atoms with Crippen molar-refractivity contribution >= 4 is 22.6 Å². The fourth-order valence-corrected chi connectivity index (χ4v) is 3.13. The van der Waals surface area contributed by atoms with Crippen molar-refractivity contribution in [1.82, 2.24) is 15.5 Å². The molecule has 0 saturated carbocycles. The number of nitrogens with zero attached hydrogens (tertiary/aromatic N) is 1. The molecule has 1 unspecified atom stereocenters. The lowest BCUT2D eigenvalue weighted by atomic mass is 10.0. The molecular formula is C19H23N3O2. The second kappa shape index (κ2) is 7.45. The maximum absolute atomic E-state index is 12.2. The third-order valence-corrected chi connectivity index (χ3v) is 4.39. The van der Waals surface area contributed by atoms with Gasteiger partial charge < -0.3 is 15.5 Å². The number of carbonyl (C=O) groups excluding carboxylic acids is 2. The Bertz CT molecular complexity index is 739. The average molecular weight is 325 g/mol. The summed E-state index contributed by atoms with van der Waals surface area (Å²) in [6.07, 6.45) is 0.284. The van der Waals surface area contributed by atoms with Crippen molar-refractivity contribution in [3.05, 3.63) is 48.0 Å². The number of nitrogens with one attached hydrogen (secondary N) is 2. The molecule has 1 saturated heterocycles. The summed E-state index contributed by atoms with van der Waals surface area (Å²) in [5.41, 5.74) is 0.980. The van der Waals surface area contributed by atoms with Gasteiger partial charge in [-0.15, -0.1) is 0 Å². The van der Waals surface area contributed by atoms with Crippen LogP contribution < -0.4 is 10.6 Å². The first kappa shape index (κ1) is 16.5. The van der Waals surface area contributed by atoms with Crippen molar-refractivity contribution < 1.29 is 9.59 Å². The molecule has 0 radical (unpaired) electrons. The lowest BCUT2D eigenvalue weighted by molar-refractivity contribution is -0.133. The number of rotatable bonds is 4. The summed E-state index contributed by atoms with van der Waals surface area (Å²) in [4.78, 5) is 26.2. The van der Waals surface area contributed by atoms with Crippen LogP contribution >= 0.6 is 0 Å². The molecule has 1 heterocycles. The Morgan fingerprint density at radius 1 is 1.21 bits per heavy atom. The van der Waals surface area contributed by atoms with Gasteiger partial charge in [-0.2, -0.15) is 0 Å². The van der Waals surface area contributed by atoms with E-state index in [4.69, 9.17) is 0 Å². The smallest absolute Gasteiger partial charge is 0.242 e. The van der Waals surface area contributed by atoms with E-state index in [9.17, 15) is 9.59 Å². The van der Waals surface area contributed by atoms with Gasteiger partial charge in [-0.05, 0) is 23.3 Å². The maximum atomic E-state index is 12.2. The van der Waals surface area contributed by atoms with E-state index in [1.54, 1.807) is 4.90 Å². The van der Waals surface area contributed by atoms with Crippen LogP contribution in [0.1, 0.15) is 12.5 Å². The number of amides is 2. The molecule has 1 atom stereocenters. The molecule has 2 N–H and O–H groups in total. The van der Waals surface area contributed by atoms with Gasteiger partial charge in [0.15, 0.2) is 0 Å². The summed E-state index contributed by atoms with van der Waals surface area (Å²) >= 11 is 0. The fourth-order valence-electron chi connectivity index (χ4n) is 3.13. The molecule has 0 spiro atoms. The first-order valence-electron chi connectivity index (χ1n) is 8.38. The monoisotopic (exact) mass is 325 g/mol. The van der Waals surface area contributed by atoms with Crippen molar-refractivity contribution in [2.45, 2.75) is 19.4 Å². The number of hydrogen-bond acceptors (Lipinski definition) is 3. The maximum Gasteiger partial charge on any atom is 0.242 e. The largest absolute Gasteiger partial charge is 0.347 e. The van der Waals surface area contributed by atoms with Crippen LogP contribution in [0, 0.1) is 0 Å². The third kappa shape index (κ3) is 3.92. The molecule has 5 nitrogen and oxygen atoms in total. The van der Waals surface area contributed by atoms with Gasteiger partial charge in [0.1, 0.15) is 0 Å². The minimum atomic E-state index is -0.122. The van der Waals surface area contributed by atoms with E-state index in [-0.39, 0.29) is 24.8 Å². The average Bonchev–Trinajstić information content (AvgIpc) is 2.60. The van der Waals surface area contributed by atoms with Crippen molar-refractivity contribution in [2.75, 3.05) is 26.2 Å². The molecule has 2 aromatic carbocycles. The summed E-state index contributed by atoms with van der Waals surface area (Å²) in [5, 5.41) is 8.26. The highest BCUT2D eigenvalue weighted by Gasteiger charge is 2.20. The number of piperazine rings is 1. The first-order chi connectivity index (χ1) is 11.6. The second-order valence-electron chi connectivity index (χ2n) is 6.29. The van der Waals surface area contributed by atoms with Crippen molar-refractivity contribution in [3.63, 3.8) is 0 Å². The topological polar surface area (TPSA) is 61.4 Å². The Balaban J connectivity index is 1.56. The zero-order valence-corrected chi connectivity index (χ0v) is 13.9. The minimum Gasteiger partial charge on any atom is -0.347 e. The summed E-state index contributed by atoms with van der Waals surface area (Å²) < 4.78 is 0. The predicted molar refractivity (Wildman–Crippen MR) is 94.7 cm³/mol. The third-order valence-electron chi connectivity index (χ3n) is 4.39. The van der Waals surface area contributed by atoms with E-state index in [1.165, 1.54) is 0 Å². The molecule has 0 aromatic heterocycles. The summed E-state index contributed by atoms with van der Waals surface area (Å²) in [6, 6.07) is 14.3. The highest BCUT2D eigenvalue weighted by molar-refractivity contribution is 5.91. The Morgan fingerprint density at radius 2 is 2.00 bits per heavy atom. The molecule has 2 amide bonds.